The van der Waals surface area contributed by atoms with Crippen LogP contribution in [0.3, 0.4) is 0 Å². The van der Waals surface area contributed by atoms with Gasteiger partial charge in [0.25, 0.3) is 0 Å². The van der Waals surface area contributed by atoms with Crippen LogP contribution in [0.1, 0.15) is 24.0 Å². The third kappa shape index (κ3) is 7.51. The molecule has 188 valence electrons. The lowest BCUT2D eigenvalue weighted by Gasteiger charge is -2.39. The van der Waals surface area contributed by atoms with Crippen LogP contribution < -0.4 is 4.90 Å². The fourth-order valence-electron chi connectivity index (χ4n) is 4.42. The molecule has 0 aromatic heterocycles. The van der Waals surface area contributed by atoms with Crippen molar-refractivity contribution in [2.75, 3.05) is 44.2 Å². The van der Waals surface area contributed by atoms with E-state index in [2.05, 4.69) is 36.1 Å². The van der Waals surface area contributed by atoms with E-state index < -0.39 is 11.9 Å². The van der Waals surface area contributed by atoms with Gasteiger partial charge in [-0.25, -0.2) is 14.0 Å². The van der Waals surface area contributed by atoms with Gasteiger partial charge in [0.2, 0.25) is 5.91 Å². The van der Waals surface area contributed by atoms with Gasteiger partial charge >= 0.3 is 11.9 Å². The quantitative estimate of drug-likeness (QED) is 0.642. The maximum Gasteiger partial charge on any atom is 0.414 e. The lowest BCUT2D eigenvalue weighted by Crippen LogP contribution is -2.51. The number of hydrogen-bond donors (Lipinski definition) is 2. The van der Waals surface area contributed by atoms with Gasteiger partial charge in [-0.1, -0.05) is 42.0 Å². The fraction of sp³-hybridized carbons (Fsp3) is 0.423. The first-order valence-corrected chi connectivity index (χ1v) is 11.8. The summed E-state index contributed by atoms with van der Waals surface area (Å²) in [7, 11) is 0. The smallest absolute Gasteiger partial charge is 0.414 e. The lowest BCUT2D eigenvalue weighted by atomic mass is 9.94. The van der Waals surface area contributed by atoms with Crippen LogP contribution in [-0.2, 0) is 20.9 Å². The molecule has 0 aliphatic carbocycles. The predicted molar refractivity (Wildman–Crippen MR) is 130 cm³/mol. The van der Waals surface area contributed by atoms with Gasteiger partial charge in [0.05, 0.1) is 5.69 Å². The Morgan fingerprint density at radius 2 is 1.43 bits per heavy atom. The summed E-state index contributed by atoms with van der Waals surface area (Å²) in [5.41, 5.74) is 3.27. The van der Waals surface area contributed by atoms with Crippen molar-refractivity contribution in [3.05, 3.63) is 65.5 Å². The highest BCUT2D eigenvalue weighted by Crippen LogP contribution is 2.24. The van der Waals surface area contributed by atoms with Crippen LogP contribution in [0.5, 0.6) is 0 Å². The van der Waals surface area contributed by atoms with Gasteiger partial charge in [0, 0.05) is 38.6 Å². The maximum absolute atomic E-state index is 14.0. The average Bonchev–Trinajstić information content (AvgIpc) is 2.86. The minimum Gasteiger partial charge on any atom is -0.473 e. The first-order valence-electron chi connectivity index (χ1n) is 11.8. The SMILES string of the molecule is Cc1ccc(CN2CCC(C(=O)N3CCN(c4ccccc4F)CC3)CC2)cc1.O=C(O)C(=O)O. The summed E-state index contributed by atoms with van der Waals surface area (Å²) in [6.45, 7) is 7.75. The molecule has 2 aliphatic rings. The zero-order valence-electron chi connectivity index (χ0n) is 19.9. The van der Waals surface area contributed by atoms with Crippen molar-refractivity contribution >= 4 is 23.5 Å². The van der Waals surface area contributed by atoms with Crippen LogP contribution in [0.2, 0.25) is 0 Å². The Morgan fingerprint density at radius 3 is 1.97 bits per heavy atom. The number of carboxylic acids is 2. The minimum atomic E-state index is -1.82. The van der Waals surface area contributed by atoms with Crippen molar-refractivity contribution in [2.24, 2.45) is 5.92 Å². The molecule has 4 rings (SSSR count). The summed E-state index contributed by atoms with van der Waals surface area (Å²) >= 11 is 0. The van der Waals surface area contributed by atoms with Crippen LogP contribution in [0.4, 0.5) is 10.1 Å². The van der Waals surface area contributed by atoms with E-state index in [1.165, 1.54) is 17.2 Å². The molecule has 2 heterocycles. The van der Waals surface area contributed by atoms with Gasteiger partial charge in [-0.05, 0) is 50.6 Å². The molecule has 0 saturated carbocycles. The molecule has 2 aromatic carbocycles. The predicted octanol–water partition coefficient (Wildman–Crippen LogP) is 2.85. The number of anilines is 1. The van der Waals surface area contributed by atoms with Gasteiger partial charge in [0.15, 0.2) is 0 Å². The van der Waals surface area contributed by atoms with E-state index >= 15 is 0 Å². The Labute approximate surface area is 204 Å². The first-order chi connectivity index (χ1) is 16.7. The van der Waals surface area contributed by atoms with E-state index in [0.29, 0.717) is 31.9 Å². The van der Waals surface area contributed by atoms with Crippen LogP contribution in [0.15, 0.2) is 48.5 Å². The number of nitrogens with zero attached hydrogens (tertiary/aromatic N) is 3. The second kappa shape index (κ2) is 12.3. The summed E-state index contributed by atoms with van der Waals surface area (Å²) in [6.07, 6.45) is 1.86. The Bertz CT molecular complexity index is 1000. The number of aliphatic carboxylic acids is 2. The standard InChI is InChI=1S/C24H30FN3O.C2H2O4/c1-19-6-8-20(9-7-19)18-26-12-10-21(11-13-26)24(29)28-16-14-27(15-17-28)23-5-3-2-4-22(23)25;3-1(4)2(5)6/h2-9,21H,10-18H2,1H3;(H,3,4)(H,5,6). The highest BCUT2D eigenvalue weighted by Gasteiger charge is 2.30. The molecule has 0 atom stereocenters. The second-order valence-electron chi connectivity index (χ2n) is 8.91. The van der Waals surface area contributed by atoms with Crippen molar-refractivity contribution in [3.63, 3.8) is 0 Å². The molecule has 0 spiro atoms. The van der Waals surface area contributed by atoms with Crippen LogP contribution in [0.25, 0.3) is 0 Å². The van der Waals surface area contributed by atoms with Crippen molar-refractivity contribution in [1.82, 2.24) is 9.80 Å². The van der Waals surface area contributed by atoms with Crippen molar-refractivity contribution in [1.29, 1.82) is 0 Å². The summed E-state index contributed by atoms with van der Waals surface area (Å²) < 4.78 is 14.0. The van der Waals surface area contributed by atoms with Gasteiger partial charge in [-0.3, -0.25) is 9.69 Å². The van der Waals surface area contributed by atoms with Crippen molar-refractivity contribution in [3.8, 4) is 0 Å². The second-order valence-corrected chi connectivity index (χ2v) is 8.91. The number of aryl methyl sites for hydroxylation is 1. The minimum absolute atomic E-state index is 0.129. The molecule has 2 N–H and O–H groups in total. The summed E-state index contributed by atoms with van der Waals surface area (Å²) in [4.78, 5) is 37.7. The highest BCUT2D eigenvalue weighted by molar-refractivity contribution is 6.27. The van der Waals surface area contributed by atoms with E-state index in [1.54, 1.807) is 6.07 Å². The molecule has 8 nitrogen and oxygen atoms in total. The van der Waals surface area contributed by atoms with E-state index in [-0.39, 0.29) is 17.6 Å². The Balaban J connectivity index is 0.000000509. The molecule has 9 heteroatoms. The molecule has 2 aliphatic heterocycles. The number of rotatable bonds is 4. The number of hydrogen-bond acceptors (Lipinski definition) is 5. The molecule has 0 radical (unpaired) electrons. The third-order valence-corrected chi connectivity index (χ3v) is 6.43. The summed E-state index contributed by atoms with van der Waals surface area (Å²) in [6, 6.07) is 15.6. The number of carboxylic acid groups (broad SMARTS) is 2. The number of carbonyl (C=O) groups is 3. The number of likely N-dealkylation sites (tertiary alicyclic amines) is 1. The van der Waals surface area contributed by atoms with Crippen LogP contribution in [-0.4, -0.2) is 77.1 Å². The van der Waals surface area contributed by atoms with E-state index in [0.717, 1.165) is 32.5 Å². The molecule has 2 aromatic rings. The molecule has 0 unspecified atom stereocenters. The zero-order chi connectivity index (χ0) is 25.4. The lowest BCUT2D eigenvalue weighted by molar-refractivity contribution is -0.159. The van der Waals surface area contributed by atoms with E-state index in [4.69, 9.17) is 19.8 Å². The fourth-order valence-corrected chi connectivity index (χ4v) is 4.42. The number of piperidine rings is 1. The molecular weight excluding hydrogens is 453 g/mol. The number of carbonyl (C=O) groups excluding carboxylic acids is 1. The summed E-state index contributed by atoms with van der Waals surface area (Å²) in [5, 5.41) is 14.8. The Morgan fingerprint density at radius 1 is 0.857 bits per heavy atom. The average molecular weight is 486 g/mol. The Kier molecular flexibility index (Phi) is 9.19. The molecule has 2 fully saturated rings. The van der Waals surface area contributed by atoms with Gasteiger partial charge in [-0.2, -0.15) is 0 Å². The Hall–Kier alpha value is -3.46. The number of amides is 1. The number of piperazine rings is 1. The molecule has 35 heavy (non-hydrogen) atoms. The van der Waals surface area contributed by atoms with Gasteiger partial charge in [-0.15, -0.1) is 0 Å². The zero-order valence-corrected chi connectivity index (χ0v) is 19.9. The van der Waals surface area contributed by atoms with Crippen molar-refractivity contribution < 1.29 is 29.0 Å². The molecule has 2 saturated heterocycles. The monoisotopic (exact) mass is 485 g/mol. The van der Waals surface area contributed by atoms with Crippen LogP contribution in [0, 0.1) is 18.7 Å². The molecule has 0 bridgehead atoms. The van der Waals surface area contributed by atoms with E-state index in [9.17, 15) is 9.18 Å². The maximum atomic E-state index is 14.0. The first kappa shape index (κ1) is 26.2. The largest absolute Gasteiger partial charge is 0.473 e. The van der Waals surface area contributed by atoms with Gasteiger partial charge < -0.3 is 20.0 Å². The van der Waals surface area contributed by atoms with Crippen LogP contribution >= 0.6 is 0 Å². The highest BCUT2D eigenvalue weighted by atomic mass is 19.1. The third-order valence-electron chi connectivity index (χ3n) is 6.43. The molecule has 1 amide bonds. The van der Waals surface area contributed by atoms with Gasteiger partial charge in [0.1, 0.15) is 5.82 Å². The molecular formula is C26H32FN3O5. The number of benzene rings is 2. The normalized spacial score (nSPS) is 16.9. The van der Waals surface area contributed by atoms with Crippen molar-refractivity contribution in [2.45, 2.75) is 26.3 Å². The topological polar surface area (TPSA) is 101 Å². The number of halogens is 1. The number of para-hydroxylation sites is 1. The van der Waals surface area contributed by atoms with E-state index in [1.807, 2.05) is 21.9 Å². The summed E-state index contributed by atoms with van der Waals surface area (Å²) in [5.74, 6) is -3.42.